The number of rotatable bonds is 5. The molecule has 0 aromatic carbocycles. The molecule has 1 amide bonds. The second-order valence-electron chi connectivity index (χ2n) is 4.23. The number of carbonyl (C=O) groups is 1. The van der Waals surface area contributed by atoms with Crippen molar-refractivity contribution in [2.75, 3.05) is 13.7 Å². The fourth-order valence-electron chi connectivity index (χ4n) is 1.69. The Morgan fingerprint density at radius 1 is 1.53 bits per heavy atom. The summed E-state index contributed by atoms with van der Waals surface area (Å²) in [5.74, 6) is 1.15. The molecule has 102 valence electrons. The molecule has 0 radical (unpaired) electrons. The summed E-state index contributed by atoms with van der Waals surface area (Å²) in [4.78, 5) is 20.9. The molecule has 0 saturated carbocycles. The van der Waals surface area contributed by atoms with Crippen LogP contribution in [0, 0.1) is 6.92 Å². The van der Waals surface area contributed by atoms with Crippen molar-refractivity contribution in [2.24, 2.45) is 0 Å². The van der Waals surface area contributed by atoms with Crippen LogP contribution < -0.4 is 4.74 Å². The summed E-state index contributed by atoms with van der Waals surface area (Å²) in [6, 6.07) is 3.25. The van der Waals surface area contributed by atoms with E-state index in [2.05, 4.69) is 9.97 Å². The molecule has 0 aliphatic carbocycles. The molecule has 2 aromatic heterocycles. The highest BCUT2D eigenvalue weighted by Crippen LogP contribution is 2.17. The van der Waals surface area contributed by atoms with Crippen molar-refractivity contribution in [3.8, 4) is 5.95 Å². The highest BCUT2D eigenvalue weighted by Gasteiger charge is 2.17. The number of hydrogen-bond acceptors (Lipinski definition) is 4. The number of aromatic amines is 1. The second kappa shape index (κ2) is 5.60. The van der Waals surface area contributed by atoms with E-state index in [0.29, 0.717) is 19.1 Å². The number of aromatic nitrogens is 2. The van der Waals surface area contributed by atoms with Gasteiger partial charge < -0.3 is 19.0 Å². The van der Waals surface area contributed by atoms with Gasteiger partial charge in [0, 0.05) is 25.0 Å². The third-order valence-corrected chi connectivity index (χ3v) is 2.57. The van der Waals surface area contributed by atoms with E-state index in [1.807, 2.05) is 13.8 Å². The first-order valence-corrected chi connectivity index (χ1v) is 6.08. The lowest BCUT2D eigenvalue weighted by molar-refractivity contribution is 0.0742. The molecule has 6 heteroatoms. The maximum absolute atomic E-state index is 12.1. The number of nitrogens with one attached hydrogen (secondary N) is 1. The van der Waals surface area contributed by atoms with Gasteiger partial charge in [-0.3, -0.25) is 4.79 Å². The van der Waals surface area contributed by atoms with E-state index < -0.39 is 0 Å². The summed E-state index contributed by atoms with van der Waals surface area (Å²) in [6.45, 7) is 4.68. The maximum Gasteiger partial charge on any atom is 0.289 e. The number of aryl methyl sites for hydroxylation is 1. The predicted molar refractivity (Wildman–Crippen MR) is 69.0 cm³/mol. The summed E-state index contributed by atoms with van der Waals surface area (Å²) in [7, 11) is 1.70. The average molecular weight is 263 g/mol. The van der Waals surface area contributed by atoms with E-state index in [9.17, 15) is 4.79 Å². The lowest BCUT2D eigenvalue weighted by Crippen LogP contribution is -2.26. The minimum Gasteiger partial charge on any atom is -0.465 e. The van der Waals surface area contributed by atoms with Crippen LogP contribution in [0.15, 0.2) is 22.7 Å². The van der Waals surface area contributed by atoms with Crippen molar-refractivity contribution >= 4 is 5.91 Å². The first-order valence-electron chi connectivity index (χ1n) is 6.08. The molecule has 1 N–H and O–H groups in total. The zero-order chi connectivity index (χ0) is 13.8. The molecule has 0 fully saturated rings. The van der Waals surface area contributed by atoms with Crippen LogP contribution in [0.2, 0.25) is 0 Å². The van der Waals surface area contributed by atoms with Crippen molar-refractivity contribution in [2.45, 2.75) is 20.4 Å². The number of hydrogen-bond donors (Lipinski definition) is 1. The summed E-state index contributed by atoms with van der Waals surface area (Å²) in [5.41, 5.74) is 0.965. The molecule has 0 atom stereocenters. The highest BCUT2D eigenvalue weighted by molar-refractivity contribution is 5.91. The molecule has 6 nitrogen and oxygen atoms in total. The second-order valence-corrected chi connectivity index (χ2v) is 4.23. The Bertz CT molecular complexity index is 559. The molecular weight excluding hydrogens is 246 g/mol. The Labute approximate surface area is 111 Å². The summed E-state index contributed by atoms with van der Waals surface area (Å²) < 4.78 is 10.5. The van der Waals surface area contributed by atoms with E-state index >= 15 is 0 Å². The van der Waals surface area contributed by atoms with Gasteiger partial charge in [0.2, 0.25) is 0 Å². The average Bonchev–Trinajstić information content (AvgIpc) is 2.98. The molecule has 0 saturated heterocycles. The third kappa shape index (κ3) is 3.15. The molecule has 0 unspecified atom stereocenters. The van der Waals surface area contributed by atoms with Gasteiger partial charge in [0.1, 0.15) is 5.82 Å². The van der Waals surface area contributed by atoms with E-state index in [-0.39, 0.29) is 11.7 Å². The monoisotopic (exact) mass is 263 g/mol. The normalized spacial score (nSPS) is 10.5. The minimum atomic E-state index is -0.208. The van der Waals surface area contributed by atoms with Crippen LogP contribution in [0.5, 0.6) is 5.95 Å². The van der Waals surface area contributed by atoms with Crippen LogP contribution in [0.1, 0.15) is 29.0 Å². The minimum absolute atomic E-state index is 0.208. The number of H-pyrrole nitrogens is 1. The molecule has 0 aliphatic heterocycles. The third-order valence-electron chi connectivity index (χ3n) is 2.57. The van der Waals surface area contributed by atoms with Gasteiger partial charge in [0.05, 0.1) is 13.2 Å². The van der Waals surface area contributed by atoms with E-state index in [1.165, 1.54) is 4.90 Å². The van der Waals surface area contributed by atoms with Gasteiger partial charge in [-0.25, -0.2) is 4.98 Å². The van der Waals surface area contributed by atoms with Gasteiger partial charge in [-0.1, -0.05) is 0 Å². The Hall–Kier alpha value is -2.24. The maximum atomic E-state index is 12.1. The van der Waals surface area contributed by atoms with Crippen molar-refractivity contribution < 1.29 is 13.9 Å². The number of carbonyl (C=O) groups excluding carboxylic acids is 1. The first kappa shape index (κ1) is 13.2. The lowest BCUT2D eigenvalue weighted by atomic mass is 10.4. The van der Waals surface area contributed by atoms with Crippen molar-refractivity contribution in [1.29, 1.82) is 0 Å². The van der Waals surface area contributed by atoms with Gasteiger partial charge in [-0.15, -0.1) is 0 Å². The largest absolute Gasteiger partial charge is 0.465 e. The molecule has 2 aromatic rings. The predicted octanol–water partition coefficient (Wildman–Crippen LogP) is 1.98. The van der Waals surface area contributed by atoms with Gasteiger partial charge in [0.15, 0.2) is 5.76 Å². The molecule has 0 spiro atoms. The number of amides is 1. The Balaban J connectivity index is 2.01. The van der Waals surface area contributed by atoms with E-state index in [4.69, 9.17) is 9.15 Å². The van der Waals surface area contributed by atoms with Gasteiger partial charge in [-0.2, -0.15) is 0 Å². The number of ether oxygens (including phenoxy) is 1. The smallest absolute Gasteiger partial charge is 0.289 e. The highest BCUT2D eigenvalue weighted by atomic mass is 16.6. The fraction of sp³-hybridized carbons (Fsp3) is 0.385. The Kier molecular flexibility index (Phi) is 3.89. The summed E-state index contributed by atoms with van der Waals surface area (Å²) >= 11 is 0. The first-order chi connectivity index (χ1) is 9.10. The molecule has 2 rings (SSSR count). The quantitative estimate of drug-likeness (QED) is 0.895. The van der Waals surface area contributed by atoms with Crippen molar-refractivity contribution in [3.63, 3.8) is 0 Å². The zero-order valence-corrected chi connectivity index (χ0v) is 11.3. The topological polar surface area (TPSA) is 71.4 Å². The van der Waals surface area contributed by atoms with E-state index in [1.54, 1.807) is 25.4 Å². The van der Waals surface area contributed by atoms with Crippen molar-refractivity contribution in [3.05, 3.63) is 35.6 Å². The van der Waals surface area contributed by atoms with Crippen LogP contribution in [0.25, 0.3) is 0 Å². The molecular formula is C13H17N3O3. The zero-order valence-electron chi connectivity index (χ0n) is 11.3. The number of furan rings is 1. The van der Waals surface area contributed by atoms with Gasteiger partial charge >= 0.3 is 0 Å². The number of nitrogens with zero attached hydrogens (tertiary/aromatic N) is 2. The van der Waals surface area contributed by atoms with Crippen LogP contribution in [0.4, 0.5) is 0 Å². The van der Waals surface area contributed by atoms with Gasteiger partial charge in [-0.05, 0) is 19.9 Å². The van der Waals surface area contributed by atoms with Crippen LogP contribution in [-0.4, -0.2) is 34.4 Å². The summed E-state index contributed by atoms with van der Waals surface area (Å²) in [5, 5.41) is 0. The van der Waals surface area contributed by atoms with Crippen LogP contribution in [-0.2, 0) is 6.54 Å². The van der Waals surface area contributed by atoms with Crippen molar-refractivity contribution in [1.82, 2.24) is 14.9 Å². The molecule has 2 heterocycles. The van der Waals surface area contributed by atoms with Crippen LogP contribution in [0.3, 0.4) is 0 Å². The molecule has 19 heavy (non-hydrogen) atoms. The standard InChI is InChI=1S/C13H17N3O3/c1-4-18-12-6-5-10(19-12)13(17)16(3)8-11-14-7-9(2)15-11/h5-7H,4,8H2,1-3H3,(H,14,15). The van der Waals surface area contributed by atoms with Gasteiger partial charge in [0.25, 0.3) is 11.9 Å². The lowest BCUT2D eigenvalue weighted by Gasteiger charge is -2.13. The SMILES string of the molecule is CCOc1ccc(C(=O)N(C)Cc2ncc(C)[nH]2)o1. The van der Waals surface area contributed by atoms with Crippen LogP contribution >= 0.6 is 0 Å². The van der Waals surface area contributed by atoms with E-state index in [0.717, 1.165) is 11.5 Å². The summed E-state index contributed by atoms with van der Waals surface area (Å²) in [6.07, 6.45) is 1.73. The number of imidazole rings is 1. The molecule has 0 bridgehead atoms. The fourth-order valence-corrected chi connectivity index (χ4v) is 1.69. The Morgan fingerprint density at radius 3 is 2.95 bits per heavy atom. The molecule has 0 aliphatic rings. The Morgan fingerprint density at radius 2 is 2.32 bits per heavy atom.